The van der Waals surface area contributed by atoms with Gasteiger partial charge in [-0.3, -0.25) is 0 Å². The molecule has 2 rings (SSSR count). The lowest BCUT2D eigenvalue weighted by atomic mass is 9.59. The van der Waals surface area contributed by atoms with Crippen LogP contribution in [0.25, 0.3) is 0 Å². The first-order chi connectivity index (χ1) is 8.72. The van der Waals surface area contributed by atoms with E-state index in [0.29, 0.717) is 6.42 Å². The summed E-state index contributed by atoms with van der Waals surface area (Å²) < 4.78 is 6.08. The molecule has 106 valence electrons. The molecular weight excluding hydrogens is 238 g/mol. The van der Waals surface area contributed by atoms with Crippen LogP contribution in [0.5, 0.6) is 5.75 Å². The summed E-state index contributed by atoms with van der Waals surface area (Å²) in [5.41, 5.74) is 6.66. The maximum atomic E-state index is 9.55. The van der Waals surface area contributed by atoms with Crippen LogP contribution in [0.1, 0.15) is 46.1 Å². The first-order valence-corrected chi connectivity index (χ1v) is 6.90. The van der Waals surface area contributed by atoms with E-state index in [2.05, 4.69) is 19.9 Å². The molecule has 1 aliphatic rings. The van der Waals surface area contributed by atoms with Gasteiger partial charge in [-0.15, -0.1) is 0 Å². The number of aliphatic hydroxyl groups is 1. The molecule has 0 aliphatic carbocycles. The van der Waals surface area contributed by atoms with Gasteiger partial charge >= 0.3 is 0 Å². The van der Waals surface area contributed by atoms with Gasteiger partial charge in [0.15, 0.2) is 0 Å². The molecule has 0 aromatic heterocycles. The molecular formula is C16H25NO2. The fourth-order valence-corrected chi connectivity index (χ4v) is 3.42. The lowest BCUT2D eigenvalue weighted by Crippen LogP contribution is -2.60. The predicted molar refractivity (Wildman–Crippen MR) is 77.4 cm³/mol. The van der Waals surface area contributed by atoms with Crippen LogP contribution < -0.4 is 10.5 Å². The van der Waals surface area contributed by atoms with Crippen molar-refractivity contribution in [1.29, 1.82) is 0 Å². The summed E-state index contributed by atoms with van der Waals surface area (Å²) in [7, 11) is 0. The van der Waals surface area contributed by atoms with Crippen molar-refractivity contribution in [3.05, 3.63) is 29.8 Å². The van der Waals surface area contributed by atoms with Gasteiger partial charge in [0.1, 0.15) is 11.4 Å². The topological polar surface area (TPSA) is 55.5 Å². The number of para-hydroxylation sites is 1. The molecule has 0 bridgehead atoms. The molecule has 0 radical (unpaired) electrons. The van der Waals surface area contributed by atoms with E-state index in [1.165, 1.54) is 0 Å². The number of fused-ring (bicyclic) bond motifs is 1. The summed E-state index contributed by atoms with van der Waals surface area (Å²) >= 11 is 0. The van der Waals surface area contributed by atoms with E-state index >= 15 is 0 Å². The smallest absolute Gasteiger partial charge is 0.123 e. The maximum Gasteiger partial charge on any atom is 0.123 e. The Hall–Kier alpha value is -1.06. The van der Waals surface area contributed by atoms with Gasteiger partial charge < -0.3 is 15.6 Å². The Morgan fingerprint density at radius 1 is 1.32 bits per heavy atom. The van der Waals surface area contributed by atoms with Crippen LogP contribution in [0.3, 0.4) is 0 Å². The molecule has 0 fully saturated rings. The van der Waals surface area contributed by atoms with Crippen LogP contribution in [-0.4, -0.2) is 22.9 Å². The van der Waals surface area contributed by atoms with Crippen molar-refractivity contribution in [1.82, 2.24) is 0 Å². The minimum absolute atomic E-state index is 0.130. The minimum atomic E-state index is -0.424. The number of hydrogen-bond acceptors (Lipinski definition) is 3. The van der Waals surface area contributed by atoms with Gasteiger partial charge in [-0.05, 0) is 46.6 Å². The Balaban J connectivity index is 2.65. The second kappa shape index (κ2) is 4.50. The molecule has 0 spiro atoms. The van der Waals surface area contributed by atoms with Gasteiger partial charge in [-0.2, -0.15) is 0 Å². The second-order valence-electron chi connectivity index (χ2n) is 6.81. The lowest BCUT2D eigenvalue weighted by Gasteiger charge is -2.52. The molecule has 19 heavy (non-hydrogen) atoms. The molecule has 1 aromatic rings. The predicted octanol–water partition coefficient (Wildman–Crippen LogP) is 2.61. The zero-order valence-electron chi connectivity index (χ0n) is 12.4. The fraction of sp³-hybridized carbons (Fsp3) is 0.625. The summed E-state index contributed by atoms with van der Waals surface area (Å²) in [6.07, 6.45) is 1.46. The molecule has 3 N–H and O–H groups in total. The number of ether oxygens (including phenoxy) is 1. The molecule has 1 unspecified atom stereocenters. The van der Waals surface area contributed by atoms with Gasteiger partial charge in [0.25, 0.3) is 0 Å². The van der Waals surface area contributed by atoms with Crippen LogP contribution in [0, 0.1) is 0 Å². The maximum absolute atomic E-state index is 9.55. The number of rotatable bonds is 3. The van der Waals surface area contributed by atoms with E-state index in [9.17, 15) is 5.11 Å². The highest BCUT2D eigenvalue weighted by atomic mass is 16.5. The number of nitrogens with two attached hydrogens (primary N) is 1. The van der Waals surface area contributed by atoms with Crippen molar-refractivity contribution in [2.45, 2.75) is 57.1 Å². The average molecular weight is 263 g/mol. The standard InChI is InChI=1S/C16H25NO2/c1-14(2)11-16(9-10-18,15(3,4)17)12-7-5-6-8-13(12)19-14/h5-8,18H,9-11,17H2,1-4H3. The molecule has 1 atom stereocenters. The average Bonchev–Trinajstić information content (AvgIpc) is 2.26. The van der Waals surface area contributed by atoms with E-state index in [0.717, 1.165) is 17.7 Å². The molecule has 0 saturated heterocycles. The zero-order chi connectivity index (χ0) is 14.3. The number of benzene rings is 1. The van der Waals surface area contributed by atoms with Crippen LogP contribution in [0.4, 0.5) is 0 Å². The zero-order valence-corrected chi connectivity index (χ0v) is 12.4. The third-order valence-corrected chi connectivity index (χ3v) is 4.29. The molecule has 3 nitrogen and oxygen atoms in total. The monoisotopic (exact) mass is 263 g/mol. The SMILES string of the molecule is CC1(C)CC(CCO)(C(C)(C)N)c2ccccc2O1. The first-order valence-electron chi connectivity index (χ1n) is 6.90. The normalized spacial score (nSPS) is 25.6. The third-order valence-electron chi connectivity index (χ3n) is 4.29. The van der Waals surface area contributed by atoms with Gasteiger partial charge in [0, 0.05) is 23.1 Å². The summed E-state index contributed by atoms with van der Waals surface area (Å²) in [4.78, 5) is 0. The molecule has 0 amide bonds. The Kier molecular flexibility index (Phi) is 3.40. The fourth-order valence-electron chi connectivity index (χ4n) is 3.42. The van der Waals surface area contributed by atoms with E-state index in [1.54, 1.807) is 0 Å². The van der Waals surface area contributed by atoms with Crippen LogP contribution in [0.15, 0.2) is 24.3 Å². The van der Waals surface area contributed by atoms with Crippen molar-refractivity contribution < 1.29 is 9.84 Å². The Bertz CT molecular complexity index is 462. The summed E-state index contributed by atoms with van der Waals surface area (Å²) in [6.45, 7) is 8.38. The number of aliphatic hydroxyl groups excluding tert-OH is 1. The number of hydrogen-bond donors (Lipinski definition) is 2. The van der Waals surface area contributed by atoms with Crippen molar-refractivity contribution in [3.8, 4) is 5.75 Å². The highest BCUT2D eigenvalue weighted by molar-refractivity contribution is 5.45. The minimum Gasteiger partial charge on any atom is -0.488 e. The van der Waals surface area contributed by atoms with E-state index in [1.807, 2.05) is 32.0 Å². The van der Waals surface area contributed by atoms with E-state index < -0.39 is 5.54 Å². The molecule has 1 heterocycles. The van der Waals surface area contributed by atoms with Crippen molar-refractivity contribution in [2.24, 2.45) is 5.73 Å². The van der Waals surface area contributed by atoms with Crippen molar-refractivity contribution >= 4 is 0 Å². The van der Waals surface area contributed by atoms with E-state index in [-0.39, 0.29) is 17.6 Å². The first kappa shape index (κ1) is 14.4. The van der Waals surface area contributed by atoms with Crippen LogP contribution in [0.2, 0.25) is 0 Å². The molecule has 0 saturated carbocycles. The van der Waals surface area contributed by atoms with Gasteiger partial charge in [0.05, 0.1) is 0 Å². The van der Waals surface area contributed by atoms with E-state index in [4.69, 9.17) is 10.5 Å². The summed E-state index contributed by atoms with van der Waals surface area (Å²) in [6, 6.07) is 8.06. The van der Waals surface area contributed by atoms with Gasteiger partial charge in [0.2, 0.25) is 0 Å². The van der Waals surface area contributed by atoms with Gasteiger partial charge in [-0.1, -0.05) is 18.2 Å². The highest BCUT2D eigenvalue weighted by Gasteiger charge is 2.51. The van der Waals surface area contributed by atoms with Crippen molar-refractivity contribution in [3.63, 3.8) is 0 Å². The van der Waals surface area contributed by atoms with Crippen LogP contribution >= 0.6 is 0 Å². The summed E-state index contributed by atoms with van der Waals surface area (Å²) in [5.74, 6) is 0.894. The summed E-state index contributed by atoms with van der Waals surface area (Å²) in [5, 5.41) is 9.55. The quantitative estimate of drug-likeness (QED) is 0.881. The highest BCUT2D eigenvalue weighted by Crippen LogP contribution is 2.51. The van der Waals surface area contributed by atoms with Crippen LogP contribution in [-0.2, 0) is 5.41 Å². The second-order valence-corrected chi connectivity index (χ2v) is 6.81. The van der Waals surface area contributed by atoms with Crippen molar-refractivity contribution in [2.75, 3.05) is 6.61 Å². The third kappa shape index (κ3) is 2.37. The molecule has 1 aromatic carbocycles. The Labute approximate surface area is 115 Å². The largest absolute Gasteiger partial charge is 0.488 e. The molecule has 1 aliphatic heterocycles. The lowest BCUT2D eigenvalue weighted by molar-refractivity contribution is 0.0113. The Morgan fingerprint density at radius 2 is 1.95 bits per heavy atom. The Morgan fingerprint density at radius 3 is 2.53 bits per heavy atom. The van der Waals surface area contributed by atoms with Gasteiger partial charge in [-0.25, -0.2) is 0 Å². The molecule has 3 heteroatoms.